The molecule has 3 aromatic carbocycles. The van der Waals surface area contributed by atoms with Gasteiger partial charge in [0.05, 0.1) is 12.1 Å². The molecule has 0 aliphatic heterocycles. The van der Waals surface area contributed by atoms with Crippen LogP contribution in [0.1, 0.15) is 25.0 Å². The van der Waals surface area contributed by atoms with E-state index in [9.17, 15) is 9.18 Å². The molecule has 0 spiro atoms. The molecule has 0 aromatic heterocycles. The second-order valence-electron chi connectivity index (χ2n) is 7.55. The lowest BCUT2D eigenvalue weighted by atomic mass is 10.2. The van der Waals surface area contributed by atoms with Gasteiger partial charge in [0, 0.05) is 29.4 Å². The summed E-state index contributed by atoms with van der Waals surface area (Å²) >= 11 is 6.06. The van der Waals surface area contributed by atoms with Crippen LogP contribution in [-0.4, -0.2) is 13.0 Å². The van der Waals surface area contributed by atoms with Crippen molar-refractivity contribution in [1.82, 2.24) is 0 Å². The smallest absolute Gasteiger partial charge is 0.226 e. The van der Waals surface area contributed by atoms with Crippen molar-refractivity contribution in [3.05, 3.63) is 82.6 Å². The summed E-state index contributed by atoms with van der Waals surface area (Å²) in [5, 5.41) is 6.52. The van der Waals surface area contributed by atoms with Gasteiger partial charge >= 0.3 is 0 Å². The zero-order valence-corrected chi connectivity index (χ0v) is 19.0. The number of carbonyl (C=O) groups excluding carboxylic acids is 1. The fourth-order valence-corrected chi connectivity index (χ4v) is 3.14. The van der Waals surface area contributed by atoms with Crippen molar-refractivity contribution in [2.24, 2.45) is 5.92 Å². The molecule has 3 rings (SSSR count). The molecule has 32 heavy (non-hydrogen) atoms. The van der Waals surface area contributed by atoms with Crippen molar-refractivity contribution in [3.8, 4) is 11.5 Å². The molecule has 0 unspecified atom stereocenters. The lowest BCUT2D eigenvalue weighted by molar-refractivity contribution is -0.118. The summed E-state index contributed by atoms with van der Waals surface area (Å²) in [6, 6.07) is 17.6. The van der Waals surface area contributed by atoms with Crippen LogP contribution < -0.4 is 20.1 Å². The van der Waals surface area contributed by atoms with Crippen molar-refractivity contribution < 1.29 is 18.7 Å². The lowest BCUT2D eigenvalue weighted by Gasteiger charge is -2.14. The van der Waals surface area contributed by atoms with E-state index in [1.54, 1.807) is 25.3 Å². The van der Waals surface area contributed by atoms with Gasteiger partial charge in [0.1, 0.15) is 12.4 Å². The molecule has 2 N–H and O–H groups in total. The van der Waals surface area contributed by atoms with E-state index in [-0.39, 0.29) is 18.4 Å². The van der Waals surface area contributed by atoms with Gasteiger partial charge in [-0.3, -0.25) is 4.79 Å². The summed E-state index contributed by atoms with van der Waals surface area (Å²) in [6.07, 6.45) is 0. The molecule has 0 fully saturated rings. The highest BCUT2D eigenvalue weighted by Gasteiger charge is 2.11. The van der Waals surface area contributed by atoms with Gasteiger partial charge in [-0.25, -0.2) is 4.39 Å². The van der Waals surface area contributed by atoms with E-state index < -0.39 is 5.82 Å². The first-order chi connectivity index (χ1) is 15.4. The summed E-state index contributed by atoms with van der Waals surface area (Å²) in [7, 11) is 1.56. The second kappa shape index (κ2) is 10.9. The molecule has 1 amide bonds. The molecule has 0 aliphatic rings. The van der Waals surface area contributed by atoms with Gasteiger partial charge in [0.2, 0.25) is 5.91 Å². The maximum absolute atomic E-state index is 14.0. The number of halogens is 2. The Morgan fingerprint density at radius 2 is 1.75 bits per heavy atom. The van der Waals surface area contributed by atoms with E-state index in [1.807, 2.05) is 50.2 Å². The minimum Gasteiger partial charge on any atom is -0.493 e. The van der Waals surface area contributed by atoms with Gasteiger partial charge in [-0.15, -0.1) is 0 Å². The third-order valence-electron chi connectivity index (χ3n) is 4.84. The van der Waals surface area contributed by atoms with Crippen molar-refractivity contribution in [2.45, 2.75) is 27.0 Å². The molecule has 0 saturated heterocycles. The van der Waals surface area contributed by atoms with E-state index in [0.29, 0.717) is 28.6 Å². The molecule has 0 aliphatic carbocycles. The minimum absolute atomic E-state index is 0.000834. The van der Waals surface area contributed by atoms with Gasteiger partial charge < -0.3 is 20.1 Å². The van der Waals surface area contributed by atoms with Crippen LogP contribution in [-0.2, 0) is 17.9 Å². The van der Waals surface area contributed by atoms with Crippen molar-refractivity contribution >= 4 is 28.9 Å². The van der Waals surface area contributed by atoms with Crippen LogP contribution in [0.4, 0.5) is 15.8 Å². The van der Waals surface area contributed by atoms with Crippen LogP contribution in [0.5, 0.6) is 11.5 Å². The molecule has 3 aromatic rings. The number of methoxy groups -OCH3 is 1. The highest BCUT2D eigenvalue weighted by atomic mass is 35.5. The second-order valence-corrected chi connectivity index (χ2v) is 7.96. The van der Waals surface area contributed by atoms with Crippen LogP contribution in [0.3, 0.4) is 0 Å². The first kappa shape index (κ1) is 23.4. The first-order valence-electron chi connectivity index (χ1n) is 10.2. The zero-order chi connectivity index (χ0) is 23.1. The highest BCUT2D eigenvalue weighted by Crippen LogP contribution is 2.30. The van der Waals surface area contributed by atoms with Gasteiger partial charge in [-0.05, 0) is 54.1 Å². The number of rotatable bonds is 9. The van der Waals surface area contributed by atoms with Crippen LogP contribution >= 0.6 is 11.6 Å². The Balaban J connectivity index is 1.60. The highest BCUT2D eigenvalue weighted by molar-refractivity contribution is 6.31. The lowest BCUT2D eigenvalue weighted by Crippen LogP contribution is -2.17. The average Bonchev–Trinajstić information content (AvgIpc) is 2.78. The summed E-state index contributed by atoms with van der Waals surface area (Å²) in [6.45, 7) is 4.27. The Morgan fingerprint density at radius 3 is 2.41 bits per heavy atom. The Hall–Kier alpha value is -3.25. The maximum Gasteiger partial charge on any atom is 0.226 e. The molecular formula is C25H26ClFN2O3. The van der Waals surface area contributed by atoms with Crippen molar-refractivity contribution in [3.63, 3.8) is 0 Å². The van der Waals surface area contributed by atoms with E-state index in [1.165, 1.54) is 6.07 Å². The normalized spacial score (nSPS) is 10.7. The first-order valence-corrected chi connectivity index (χ1v) is 10.6. The summed E-state index contributed by atoms with van der Waals surface area (Å²) in [5.41, 5.74) is 2.96. The Morgan fingerprint density at radius 1 is 1.03 bits per heavy atom. The van der Waals surface area contributed by atoms with Crippen LogP contribution in [0.15, 0.2) is 60.7 Å². The summed E-state index contributed by atoms with van der Waals surface area (Å²) in [5.74, 6) is 0.548. The topological polar surface area (TPSA) is 59.6 Å². The Kier molecular flexibility index (Phi) is 7.95. The monoisotopic (exact) mass is 456 g/mol. The van der Waals surface area contributed by atoms with E-state index in [0.717, 1.165) is 16.9 Å². The fraction of sp³-hybridized carbons (Fsp3) is 0.240. The molecule has 0 atom stereocenters. The molecule has 0 radical (unpaired) electrons. The van der Waals surface area contributed by atoms with Crippen LogP contribution in [0.2, 0.25) is 5.02 Å². The largest absolute Gasteiger partial charge is 0.493 e. The number of ether oxygens (including phenoxy) is 2. The van der Waals surface area contributed by atoms with Crippen molar-refractivity contribution in [2.75, 3.05) is 17.7 Å². The standard InChI is InChI=1S/C25H26ClFN2O3/c1-16(2)25(30)29-19-10-8-18(9-11-19)28-14-17-7-12-23(24(13-17)31-3)32-15-20-21(26)5-4-6-22(20)27/h4-13,16,28H,14-15H2,1-3H3,(H,29,30). The Bertz CT molecular complexity index is 1050. The quantitative estimate of drug-likeness (QED) is 0.398. The molecule has 7 heteroatoms. The van der Waals surface area contributed by atoms with Crippen LogP contribution in [0.25, 0.3) is 0 Å². The molecule has 0 saturated carbocycles. The molecule has 0 bridgehead atoms. The number of anilines is 2. The Labute approximate surface area is 192 Å². The third kappa shape index (κ3) is 6.14. The number of benzene rings is 3. The molecular weight excluding hydrogens is 431 g/mol. The third-order valence-corrected chi connectivity index (χ3v) is 5.19. The predicted octanol–water partition coefficient (Wildman–Crippen LogP) is 6.27. The van der Waals surface area contributed by atoms with E-state index in [2.05, 4.69) is 10.6 Å². The fourth-order valence-electron chi connectivity index (χ4n) is 2.92. The number of nitrogens with one attached hydrogen (secondary N) is 2. The van der Waals surface area contributed by atoms with Gasteiger partial charge in [0.15, 0.2) is 11.5 Å². The van der Waals surface area contributed by atoms with Gasteiger partial charge in [-0.1, -0.05) is 37.6 Å². The average molecular weight is 457 g/mol. The molecule has 0 heterocycles. The number of hydrogen-bond acceptors (Lipinski definition) is 4. The van der Waals surface area contributed by atoms with E-state index >= 15 is 0 Å². The van der Waals surface area contributed by atoms with Crippen molar-refractivity contribution in [1.29, 1.82) is 0 Å². The minimum atomic E-state index is -0.410. The summed E-state index contributed by atoms with van der Waals surface area (Å²) < 4.78 is 25.1. The molecule has 168 valence electrons. The van der Waals surface area contributed by atoms with Gasteiger partial charge in [-0.2, -0.15) is 0 Å². The number of amides is 1. The molecule has 5 nitrogen and oxygen atoms in total. The number of hydrogen-bond donors (Lipinski definition) is 2. The summed E-state index contributed by atoms with van der Waals surface area (Å²) in [4.78, 5) is 11.8. The number of carbonyl (C=O) groups is 1. The zero-order valence-electron chi connectivity index (χ0n) is 18.2. The van der Waals surface area contributed by atoms with Gasteiger partial charge in [0.25, 0.3) is 0 Å². The SMILES string of the molecule is COc1cc(CNc2ccc(NC(=O)C(C)C)cc2)ccc1OCc1c(F)cccc1Cl. The van der Waals surface area contributed by atoms with Crippen LogP contribution in [0, 0.1) is 11.7 Å². The predicted molar refractivity (Wildman–Crippen MR) is 126 cm³/mol. The maximum atomic E-state index is 14.0. The van der Waals surface area contributed by atoms with E-state index in [4.69, 9.17) is 21.1 Å².